The van der Waals surface area contributed by atoms with Crippen LogP contribution in [0, 0.1) is 11.8 Å². The monoisotopic (exact) mass is 216 g/mol. The molecule has 1 N–H and O–H groups in total. The van der Waals surface area contributed by atoms with Crippen LogP contribution in [-0.4, -0.2) is 29.6 Å². The third-order valence-corrected chi connectivity index (χ3v) is 3.23. The third kappa shape index (κ3) is 2.69. The first-order valence-electron chi connectivity index (χ1n) is 5.48. The first-order chi connectivity index (χ1) is 6.97. The molecule has 88 valence electrons. The van der Waals surface area contributed by atoms with E-state index in [0.29, 0.717) is 0 Å². The van der Waals surface area contributed by atoms with Gasteiger partial charge < -0.3 is 14.6 Å². The molecular formula is C11H20O4. The molecule has 1 aliphatic heterocycles. The van der Waals surface area contributed by atoms with E-state index in [4.69, 9.17) is 9.47 Å². The van der Waals surface area contributed by atoms with Gasteiger partial charge in [0.1, 0.15) is 0 Å². The van der Waals surface area contributed by atoms with Gasteiger partial charge in [-0.2, -0.15) is 0 Å². The summed E-state index contributed by atoms with van der Waals surface area (Å²) in [4.78, 5) is 10.9. The van der Waals surface area contributed by atoms with Crippen LogP contribution in [-0.2, 0) is 14.3 Å². The SMILES string of the molecule is CCC1O[C@H](O)C(OC(C)=O)[C@@H](C)[C@@H]1C. The van der Waals surface area contributed by atoms with Crippen molar-refractivity contribution in [1.29, 1.82) is 0 Å². The number of ether oxygens (including phenoxy) is 2. The number of carbonyl (C=O) groups excluding carboxylic acids is 1. The highest BCUT2D eigenvalue weighted by atomic mass is 16.6. The average molecular weight is 216 g/mol. The van der Waals surface area contributed by atoms with Crippen LogP contribution in [0.15, 0.2) is 0 Å². The maximum absolute atomic E-state index is 10.9. The zero-order valence-electron chi connectivity index (χ0n) is 9.77. The maximum Gasteiger partial charge on any atom is 0.303 e. The van der Waals surface area contributed by atoms with Crippen molar-refractivity contribution in [3.8, 4) is 0 Å². The second-order valence-electron chi connectivity index (χ2n) is 4.27. The van der Waals surface area contributed by atoms with Gasteiger partial charge in [-0.05, 0) is 12.3 Å². The summed E-state index contributed by atoms with van der Waals surface area (Å²) in [6, 6.07) is 0. The molecule has 0 radical (unpaired) electrons. The summed E-state index contributed by atoms with van der Waals surface area (Å²) in [5.74, 6) is 0.0157. The number of rotatable bonds is 2. The molecule has 0 aromatic rings. The van der Waals surface area contributed by atoms with Crippen LogP contribution in [0.3, 0.4) is 0 Å². The van der Waals surface area contributed by atoms with Gasteiger partial charge in [-0.1, -0.05) is 20.8 Å². The minimum absolute atomic E-state index is 0.0433. The van der Waals surface area contributed by atoms with E-state index in [2.05, 4.69) is 6.92 Å². The predicted octanol–water partition coefficient (Wildman–Crippen LogP) is 1.32. The van der Waals surface area contributed by atoms with Crippen LogP contribution in [0.4, 0.5) is 0 Å². The lowest BCUT2D eigenvalue weighted by atomic mass is 9.82. The molecule has 0 bridgehead atoms. The van der Waals surface area contributed by atoms with Crippen LogP contribution < -0.4 is 0 Å². The topological polar surface area (TPSA) is 55.8 Å². The van der Waals surface area contributed by atoms with Crippen molar-refractivity contribution >= 4 is 5.97 Å². The molecule has 0 aromatic heterocycles. The second-order valence-corrected chi connectivity index (χ2v) is 4.27. The molecule has 0 spiro atoms. The van der Waals surface area contributed by atoms with Crippen molar-refractivity contribution in [2.45, 2.75) is 52.6 Å². The Kier molecular flexibility index (Phi) is 4.11. The van der Waals surface area contributed by atoms with Gasteiger partial charge in [0.15, 0.2) is 12.4 Å². The fourth-order valence-electron chi connectivity index (χ4n) is 2.10. The molecule has 2 unspecified atom stereocenters. The fourth-order valence-corrected chi connectivity index (χ4v) is 2.10. The lowest BCUT2D eigenvalue weighted by molar-refractivity contribution is -0.257. The lowest BCUT2D eigenvalue weighted by Gasteiger charge is -2.41. The van der Waals surface area contributed by atoms with Crippen molar-refractivity contribution in [3.05, 3.63) is 0 Å². The van der Waals surface area contributed by atoms with E-state index < -0.39 is 12.4 Å². The summed E-state index contributed by atoms with van der Waals surface area (Å²) in [5.41, 5.74) is 0. The first-order valence-corrected chi connectivity index (χ1v) is 5.48. The molecule has 4 heteroatoms. The van der Waals surface area contributed by atoms with Crippen LogP contribution in [0.2, 0.25) is 0 Å². The van der Waals surface area contributed by atoms with Gasteiger partial charge in [0, 0.05) is 12.8 Å². The number of esters is 1. The van der Waals surface area contributed by atoms with Crippen LogP contribution in [0.1, 0.15) is 34.1 Å². The number of aliphatic hydroxyl groups is 1. The highest BCUT2D eigenvalue weighted by Gasteiger charge is 2.41. The zero-order valence-corrected chi connectivity index (χ0v) is 9.77. The molecule has 0 saturated carbocycles. The molecule has 0 amide bonds. The quantitative estimate of drug-likeness (QED) is 0.707. The van der Waals surface area contributed by atoms with Gasteiger partial charge in [-0.25, -0.2) is 0 Å². The van der Waals surface area contributed by atoms with E-state index in [-0.39, 0.29) is 23.9 Å². The summed E-state index contributed by atoms with van der Waals surface area (Å²) in [7, 11) is 0. The van der Waals surface area contributed by atoms with Gasteiger partial charge in [-0.3, -0.25) is 4.79 Å². The van der Waals surface area contributed by atoms with E-state index in [1.807, 2.05) is 13.8 Å². The molecule has 15 heavy (non-hydrogen) atoms. The summed E-state index contributed by atoms with van der Waals surface area (Å²) in [6.07, 6.45) is -0.637. The normalized spacial score (nSPS) is 41.3. The van der Waals surface area contributed by atoms with Gasteiger partial charge in [-0.15, -0.1) is 0 Å². The average Bonchev–Trinajstić information content (AvgIpc) is 2.18. The van der Waals surface area contributed by atoms with E-state index in [1.165, 1.54) is 6.92 Å². The Balaban J connectivity index is 2.70. The summed E-state index contributed by atoms with van der Waals surface area (Å²) >= 11 is 0. The highest BCUT2D eigenvalue weighted by molar-refractivity contribution is 5.66. The smallest absolute Gasteiger partial charge is 0.303 e. The van der Waals surface area contributed by atoms with Gasteiger partial charge in [0.05, 0.1) is 6.10 Å². The molecular weight excluding hydrogens is 196 g/mol. The van der Waals surface area contributed by atoms with Crippen molar-refractivity contribution in [3.63, 3.8) is 0 Å². The standard InChI is InChI=1S/C11H20O4/c1-5-9-6(2)7(3)10(11(13)15-9)14-8(4)12/h6-7,9-11,13H,5H2,1-4H3/t6-,7-,9?,10?,11-/m0/s1. The second kappa shape index (κ2) is 4.94. The molecule has 1 rings (SSSR count). The molecule has 1 saturated heterocycles. The first kappa shape index (κ1) is 12.5. The third-order valence-electron chi connectivity index (χ3n) is 3.23. The lowest BCUT2D eigenvalue weighted by Crippen LogP contribution is -2.50. The molecule has 1 heterocycles. The minimum atomic E-state index is -0.995. The maximum atomic E-state index is 10.9. The fraction of sp³-hybridized carbons (Fsp3) is 0.909. The Hall–Kier alpha value is -0.610. The minimum Gasteiger partial charge on any atom is -0.457 e. The highest BCUT2D eigenvalue weighted by Crippen LogP contribution is 2.32. The van der Waals surface area contributed by atoms with Gasteiger partial charge in [0.25, 0.3) is 0 Å². The van der Waals surface area contributed by atoms with E-state index in [9.17, 15) is 9.90 Å². The van der Waals surface area contributed by atoms with Crippen molar-refractivity contribution in [2.75, 3.05) is 0 Å². The molecule has 1 fully saturated rings. The summed E-state index contributed by atoms with van der Waals surface area (Å²) < 4.78 is 10.5. The summed E-state index contributed by atoms with van der Waals surface area (Å²) in [5, 5.41) is 9.71. The predicted molar refractivity (Wildman–Crippen MR) is 55.1 cm³/mol. The van der Waals surface area contributed by atoms with E-state index in [0.717, 1.165) is 6.42 Å². The van der Waals surface area contributed by atoms with Gasteiger partial charge in [0.2, 0.25) is 0 Å². The molecule has 0 aliphatic carbocycles. The number of hydrogen-bond acceptors (Lipinski definition) is 4. The van der Waals surface area contributed by atoms with E-state index >= 15 is 0 Å². The Morgan fingerprint density at radius 1 is 1.40 bits per heavy atom. The van der Waals surface area contributed by atoms with Gasteiger partial charge >= 0.3 is 5.97 Å². The van der Waals surface area contributed by atoms with E-state index in [1.54, 1.807) is 0 Å². The van der Waals surface area contributed by atoms with Crippen LogP contribution >= 0.6 is 0 Å². The number of aliphatic hydroxyl groups excluding tert-OH is 1. The molecule has 0 aromatic carbocycles. The Bertz CT molecular complexity index is 229. The Morgan fingerprint density at radius 2 is 2.00 bits per heavy atom. The van der Waals surface area contributed by atoms with Crippen LogP contribution in [0.25, 0.3) is 0 Å². The summed E-state index contributed by atoms with van der Waals surface area (Å²) in [6.45, 7) is 7.40. The number of carbonyl (C=O) groups is 1. The zero-order chi connectivity index (χ0) is 11.6. The molecule has 1 aliphatic rings. The number of hydrogen-bond donors (Lipinski definition) is 1. The van der Waals surface area contributed by atoms with Crippen molar-refractivity contribution in [2.24, 2.45) is 11.8 Å². The van der Waals surface area contributed by atoms with Crippen molar-refractivity contribution in [1.82, 2.24) is 0 Å². The molecule has 5 atom stereocenters. The largest absolute Gasteiger partial charge is 0.457 e. The van der Waals surface area contributed by atoms with Crippen molar-refractivity contribution < 1.29 is 19.4 Å². The van der Waals surface area contributed by atoms with Crippen LogP contribution in [0.5, 0.6) is 0 Å². The Morgan fingerprint density at radius 3 is 2.47 bits per heavy atom. The molecule has 4 nitrogen and oxygen atoms in total. The Labute approximate surface area is 90.6 Å².